The van der Waals surface area contributed by atoms with Crippen LogP contribution in [0.2, 0.25) is 0 Å². The third-order valence-electron chi connectivity index (χ3n) is 4.63. The van der Waals surface area contributed by atoms with Gasteiger partial charge in [0, 0.05) is 25.6 Å². The summed E-state index contributed by atoms with van der Waals surface area (Å²) in [5, 5.41) is 0. The number of amides is 1. The van der Waals surface area contributed by atoms with E-state index in [0.29, 0.717) is 30.3 Å². The zero-order valence-electron chi connectivity index (χ0n) is 14.8. The first kappa shape index (κ1) is 20.6. The fourth-order valence-corrected chi connectivity index (χ4v) is 3.11. The number of methoxy groups -OCH3 is 2. The molecule has 0 saturated carbocycles. The molecule has 1 saturated heterocycles. The Morgan fingerprint density at radius 1 is 1.33 bits per heavy atom. The van der Waals surface area contributed by atoms with Gasteiger partial charge in [-0.3, -0.25) is 4.79 Å². The van der Waals surface area contributed by atoms with E-state index in [1.54, 1.807) is 14.2 Å². The normalized spacial score (nSPS) is 18.5. The molecule has 1 amide bonds. The maximum atomic E-state index is 12.4. The largest absolute Gasteiger partial charge is 0.493 e. The molecule has 1 aromatic rings. The summed E-state index contributed by atoms with van der Waals surface area (Å²) in [7, 11) is 3.24. The Balaban J connectivity index is 0.00000288. The SMILES string of the molecule is COc1ccc(CCC(=O)N2CCCC(C(C)N)C2)cc1OC.Cl. The van der Waals surface area contributed by atoms with Crippen molar-refractivity contribution in [3.8, 4) is 11.5 Å². The standard InChI is InChI=1S/C18H28N2O3.ClH/c1-13(19)15-5-4-10-20(12-15)18(21)9-7-14-6-8-16(22-2)17(11-14)23-3;/h6,8,11,13,15H,4-5,7,9-10,12,19H2,1-3H3;1H. The van der Waals surface area contributed by atoms with Gasteiger partial charge in [0.25, 0.3) is 0 Å². The average Bonchev–Trinajstić information content (AvgIpc) is 2.59. The predicted octanol–water partition coefficient (Wildman–Crippen LogP) is 2.64. The van der Waals surface area contributed by atoms with Crippen molar-refractivity contribution < 1.29 is 14.3 Å². The van der Waals surface area contributed by atoms with Crippen molar-refractivity contribution in [2.24, 2.45) is 11.7 Å². The second-order valence-electron chi connectivity index (χ2n) is 6.29. The van der Waals surface area contributed by atoms with Crippen molar-refractivity contribution >= 4 is 18.3 Å². The molecule has 1 fully saturated rings. The minimum Gasteiger partial charge on any atom is -0.493 e. The zero-order valence-corrected chi connectivity index (χ0v) is 15.6. The molecule has 2 atom stereocenters. The Bertz CT molecular complexity index is 537. The molecule has 0 spiro atoms. The molecule has 24 heavy (non-hydrogen) atoms. The molecular weight excluding hydrogens is 328 g/mol. The van der Waals surface area contributed by atoms with E-state index in [4.69, 9.17) is 15.2 Å². The fourth-order valence-electron chi connectivity index (χ4n) is 3.11. The third kappa shape index (κ3) is 5.28. The molecule has 0 bridgehead atoms. The molecule has 1 aliphatic heterocycles. The van der Waals surface area contributed by atoms with Crippen molar-refractivity contribution in [2.75, 3.05) is 27.3 Å². The summed E-state index contributed by atoms with van der Waals surface area (Å²) in [5.41, 5.74) is 7.07. The molecule has 1 heterocycles. The van der Waals surface area contributed by atoms with Gasteiger partial charge >= 0.3 is 0 Å². The smallest absolute Gasteiger partial charge is 0.222 e. The minimum atomic E-state index is 0. The molecule has 2 N–H and O–H groups in total. The van der Waals surface area contributed by atoms with E-state index in [1.807, 2.05) is 30.0 Å². The molecule has 0 aliphatic carbocycles. The van der Waals surface area contributed by atoms with Gasteiger partial charge in [-0.25, -0.2) is 0 Å². The first-order valence-corrected chi connectivity index (χ1v) is 8.29. The van der Waals surface area contributed by atoms with Gasteiger partial charge in [0.05, 0.1) is 14.2 Å². The molecule has 1 aromatic carbocycles. The van der Waals surface area contributed by atoms with Crippen LogP contribution in [0.15, 0.2) is 18.2 Å². The van der Waals surface area contributed by atoms with Gasteiger partial charge in [-0.15, -0.1) is 12.4 Å². The van der Waals surface area contributed by atoms with Crippen LogP contribution in [-0.4, -0.2) is 44.2 Å². The number of piperidine rings is 1. The lowest BCUT2D eigenvalue weighted by atomic mass is 9.92. The van der Waals surface area contributed by atoms with E-state index >= 15 is 0 Å². The van der Waals surface area contributed by atoms with Crippen molar-refractivity contribution in [3.05, 3.63) is 23.8 Å². The lowest BCUT2D eigenvalue weighted by Crippen LogP contribution is -2.45. The number of aryl methyl sites for hydroxylation is 1. The highest BCUT2D eigenvalue weighted by atomic mass is 35.5. The van der Waals surface area contributed by atoms with Gasteiger partial charge in [0.15, 0.2) is 11.5 Å². The Kier molecular flexibility index (Phi) is 8.36. The summed E-state index contributed by atoms with van der Waals surface area (Å²) in [6.07, 6.45) is 3.39. The topological polar surface area (TPSA) is 64.8 Å². The second-order valence-corrected chi connectivity index (χ2v) is 6.29. The number of hydrogen-bond acceptors (Lipinski definition) is 4. The monoisotopic (exact) mass is 356 g/mol. The summed E-state index contributed by atoms with van der Waals surface area (Å²) in [5.74, 6) is 2.05. The number of halogens is 1. The fraction of sp³-hybridized carbons (Fsp3) is 0.611. The van der Waals surface area contributed by atoms with Gasteiger partial charge in [-0.2, -0.15) is 0 Å². The maximum absolute atomic E-state index is 12.4. The highest BCUT2D eigenvalue weighted by Gasteiger charge is 2.25. The predicted molar refractivity (Wildman–Crippen MR) is 98.1 cm³/mol. The summed E-state index contributed by atoms with van der Waals surface area (Å²) in [6, 6.07) is 5.95. The number of hydrogen-bond donors (Lipinski definition) is 1. The van der Waals surface area contributed by atoms with Crippen molar-refractivity contribution in [3.63, 3.8) is 0 Å². The Morgan fingerprint density at radius 2 is 2.04 bits per heavy atom. The van der Waals surface area contributed by atoms with Crippen LogP contribution in [-0.2, 0) is 11.2 Å². The van der Waals surface area contributed by atoms with Crippen molar-refractivity contribution in [1.29, 1.82) is 0 Å². The van der Waals surface area contributed by atoms with Crippen LogP contribution in [0, 0.1) is 5.92 Å². The number of ether oxygens (including phenoxy) is 2. The molecule has 0 aromatic heterocycles. The number of carbonyl (C=O) groups is 1. The van der Waals surface area contributed by atoms with Crippen LogP contribution in [0.5, 0.6) is 11.5 Å². The van der Waals surface area contributed by atoms with Gasteiger partial charge in [0.1, 0.15) is 0 Å². The summed E-state index contributed by atoms with van der Waals surface area (Å²) in [6.45, 7) is 3.68. The van der Waals surface area contributed by atoms with Crippen molar-refractivity contribution in [2.45, 2.75) is 38.6 Å². The van der Waals surface area contributed by atoms with Crippen LogP contribution in [0.25, 0.3) is 0 Å². The average molecular weight is 357 g/mol. The van der Waals surface area contributed by atoms with E-state index in [0.717, 1.165) is 31.5 Å². The van der Waals surface area contributed by atoms with E-state index in [-0.39, 0.29) is 24.4 Å². The number of nitrogens with zero attached hydrogens (tertiary/aromatic N) is 1. The van der Waals surface area contributed by atoms with E-state index in [2.05, 4.69) is 0 Å². The van der Waals surface area contributed by atoms with Gasteiger partial charge < -0.3 is 20.1 Å². The summed E-state index contributed by atoms with van der Waals surface area (Å²) < 4.78 is 10.5. The number of nitrogens with two attached hydrogens (primary N) is 1. The molecule has 2 unspecified atom stereocenters. The van der Waals surface area contributed by atoms with Crippen LogP contribution in [0.1, 0.15) is 31.7 Å². The Labute approximate surface area is 150 Å². The molecule has 6 heteroatoms. The lowest BCUT2D eigenvalue weighted by Gasteiger charge is -2.34. The van der Waals surface area contributed by atoms with Gasteiger partial charge in [0.2, 0.25) is 5.91 Å². The van der Waals surface area contributed by atoms with Gasteiger partial charge in [-0.05, 0) is 49.8 Å². The molecule has 0 radical (unpaired) electrons. The minimum absolute atomic E-state index is 0. The van der Waals surface area contributed by atoms with Crippen LogP contribution < -0.4 is 15.2 Å². The van der Waals surface area contributed by atoms with Crippen LogP contribution in [0.4, 0.5) is 0 Å². The van der Waals surface area contributed by atoms with Crippen molar-refractivity contribution in [1.82, 2.24) is 4.90 Å². The highest BCUT2D eigenvalue weighted by Crippen LogP contribution is 2.28. The number of carbonyl (C=O) groups excluding carboxylic acids is 1. The molecule has 1 aliphatic rings. The number of likely N-dealkylation sites (tertiary alicyclic amines) is 1. The quantitative estimate of drug-likeness (QED) is 0.851. The summed E-state index contributed by atoms with van der Waals surface area (Å²) in [4.78, 5) is 14.4. The molecule has 136 valence electrons. The van der Waals surface area contributed by atoms with Crippen LogP contribution >= 0.6 is 12.4 Å². The lowest BCUT2D eigenvalue weighted by molar-refractivity contribution is -0.133. The van der Waals surface area contributed by atoms with Crippen LogP contribution in [0.3, 0.4) is 0 Å². The highest BCUT2D eigenvalue weighted by molar-refractivity contribution is 5.85. The molecular formula is C18H29ClN2O3. The Hall–Kier alpha value is -1.46. The van der Waals surface area contributed by atoms with Gasteiger partial charge in [-0.1, -0.05) is 6.07 Å². The zero-order chi connectivity index (χ0) is 16.8. The number of rotatable bonds is 6. The molecule has 5 nitrogen and oxygen atoms in total. The second kappa shape index (κ2) is 9.74. The Morgan fingerprint density at radius 3 is 2.67 bits per heavy atom. The summed E-state index contributed by atoms with van der Waals surface area (Å²) >= 11 is 0. The number of benzene rings is 1. The van der Waals surface area contributed by atoms with E-state index < -0.39 is 0 Å². The molecule has 2 rings (SSSR count). The third-order valence-corrected chi connectivity index (χ3v) is 4.63. The first-order chi connectivity index (χ1) is 11.0. The van der Waals surface area contributed by atoms with E-state index in [9.17, 15) is 4.79 Å². The first-order valence-electron chi connectivity index (χ1n) is 8.29. The maximum Gasteiger partial charge on any atom is 0.222 e. The van der Waals surface area contributed by atoms with E-state index in [1.165, 1.54) is 0 Å².